The Labute approximate surface area is 106 Å². The zero-order valence-electron chi connectivity index (χ0n) is 6.83. The van der Waals surface area contributed by atoms with Crippen molar-refractivity contribution in [2.45, 2.75) is 12.1 Å². The van der Waals surface area contributed by atoms with Crippen LogP contribution in [0.1, 0.15) is 5.56 Å². The van der Waals surface area contributed by atoms with E-state index in [-0.39, 0.29) is 37.7 Å². The fourth-order valence-corrected chi connectivity index (χ4v) is 1.38. The van der Waals surface area contributed by atoms with Crippen LogP contribution in [0, 0.1) is 6.92 Å². The summed E-state index contributed by atoms with van der Waals surface area (Å²) in [5, 5.41) is 0.675. The Morgan fingerprint density at radius 3 is 2.83 bits per heavy atom. The van der Waals surface area contributed by atoms with Crippen molar-refractivity contribution in [3.05, 3.63) is 23.8 Å². The summed E-state index contributed by atoms with van der Waals surface area (Å²) >= 11 is 4.12. The fraction of sp³-hybridized carbons (Fsp3) is 0.125. The Morgan fingerprint density at radius 2 is 2.17 bits per heavy atom. The normalized spacial score (nSPS) is 9.83. The van der Waals surface area contributed by atoms with Gasteiger partial charge in [-0.1, -0.05) is 12.1 Å². The molecule has 4 heteroatoms. The van der Waals surface area contributed by atoms with E-state index in [4.69, 9.17) is 0 Å². The fourth-order valence-electron chi connectivity index (χ4n) is 1.16. The number of para-hydroxylation sites is 1. The monoisotopic (exact) mass is 204 g/mol. The van der Waals surface area contributed by atoms with E-state index in [1.54, 1.807) is 0 Å². The molecule has 0 aliphatic heterocycles. The van der Waals surface area contributed by atoms with Gasteiger partial charge in [-0.25, -0.2) is 4.98 Å². The van der Waals surface area contributed by atoms with Crippen molar-refractivity contribution in [1.82, 2.24) is 9.97 Å². The molecule has 0 saturated heterocycles. The number of rotatable bonds is 0. The SMILES string of the molecule is Cc1cccc2[nH]c(S)nc12.[Ca]. The first-order valence-corrected chi connectivity index (χ1v) is 3.86. The Hall–Kier alpha value is 0.300. The van der Waals surface area contributed by atoms with Crippen LogP contribution < -0.4 is 0 Å². The number of aromatic nitrogens is 2. The molecule has 1 aromatic heterocycles. The van der Waals surface area contributed by atoms with E-state index in [2.05, 4.69) is 22.6 Å². The van der Waals surface area contributed by atoms with Gasteiger partial charge in [-0.3, -0.25) is 0 Å². The number of nitrogens with zero attached hydrogens (tertiary/aromatic N) is 1. The largest absolute Gasteiger partial charge is 0.333 e. The molecule has 0 spiro atoms. The quantitative estimate of drug-likeness (QED) is 0.497. The molecule has 2 rings (SSSR count). The van der Waals surface area contributed by atoms with Crippen molar-refractivity contribution in [3.63, 3.8) is 0 Å². The number of aromatic amines is 1. The van der Waals surface area contributed by atoms with Crippen molar-refractivity contribution in [3.8, 4) is 0 Å². The smallest absolute Gasteiger partial charge is 0.163 e. The molecule has 0 saturated carbocycles. The van der Waals surface area contributed by atoms with Gasteiger partial charge >= 0.3 is 0 Å². The van der Waals surface area contributed by atoms with Gasteiger partial charge in [0.25, 0.3) is 0 Å². The van der Waals surface area contributed by atoms with E-state index in [0.717, 1.165) is 11.0 Å². The van der Waals surface area contributed by atoms with Gasteiger partial charge in [-0.15, -0.1) is 12.6 Å². The van der Waals surface area contributed by atoms with Crippen molar-refractivity contribution < 1.29 is 0 Å². The summed E-state index contributed by atoms with van der Waals surface area (Å²) in [7, 11) is 0. The third-order valence-electron chi connectivity index (χ3n) is 1.70. The van der Waals surface area contributed by atoms with Crippen LogP contribution in [0.25, 0.3) is 11.0 Å². The molecule has 1 heterocycles. The van der Waals surface area contributed by atoms with E-state index < -0.39 is 0 Å². The Kier molecular flexibility index (Phi) is 3.46. The molecule has 2 radical (unpaired) electrons. The molecule has 1 aromatic carbocycles. The number of fused-ring (bicyclic) bond motifs is 1. The number of hydrogen-bond donors (Lipinski definition) is 2. The maximum atomic E-state index is 4.22. The average molecular weight is 204 g/mol. The number of thiol groups is 1. The topological polar surface area (TPSA) is 28.7 Å². The number of imidazole rings is 1. The average Bonchev–Trinajstić information content (AvgIpc) is 2.31. The Bertz CT molecular complexity index is 397. The maximum absolute atomic E-state index is 4.22. The van der Waals surface area contributed by atoms with Gasteiger partial charge < -0.3 is 4.98 Å². The molecule has 0 amide bonds. The molecule has 2 nitrogen and oxygen atoms in total. The summed E-state index contributed by atoms with van der Waals surface area (Å²) in [6, 6.07) is 6.04. The van der Waals surface area contributed by atoms with E-state index >= 15 is 0 Å². The van der Waals surface area contributed by atoms with Gasteiger partial charge in [-0.2, -0.15) is 0 Å². The van der Waals surface area contributed by atoms with Crippen LogP contribution in [0.3, 0.4) is 0 Å². The molecule has 0 aliphatic carbocycles. The molecular formula is C8H8CaN2S. The predicted octanol–water partition coefficient (Wildman–Crippen LogP) is 1.78. The zero-order chi connectivity index (χ0) is 7.84. The van der Waals surface area contributed by atoms with Gasteiger partial charge in [0.15, 0.2) is 5.16 Å². The molecule has 0 bridgehead atoms. The van der Waals surface area contributed by atoms with Gasteiger partial charge in [0, 0.05) is 37.7 Å². The molecular weight excluding hydrogens is 196 g/mol. The van der Waals surface area contributed by atoms with Crippen LogP contribution >= 0.6 is 12.6 Å². The van der Waals surface area contributed by atoms with Crippen LogP contribution in [0.4, 0.5) is 0 Å². The summed E-state index contributed by atoms with van der Waals surface area (Å²) < 4.78 is 0. The van der Waals surface area contributed by atoms with Crippen molar-refractivity contribution in [2.24, 2.45) is 0 Å². The summed E-state index contributed by atoms with van der Waals surface area (Å²) in [5.41, 5.74) is 3.24. The summed E-state index contributed by atoms with van der Waals surface area (Å²) in [4.78, 5) is 7.27. The first kappa shape index (κ1) is 10.4. The molecule has 0 atom stereocenters. The summed E-state index contributed by atoms with van der Waals surface area (Å²) in [6.45, 7) is 2.04. The summed E-state index contributed by atoms with van der Waals surface area (Å²) in [5.74, 6) is 0. The van der Waals surface area contributed by atoms with Gasteiger partial charge in [-0.05, 0) is 18.6 Å². The minimum Gasteiger partial charge on any atom is -0.333 e. The maximum Gasteiger partial charge on any atom is 0.163 e. The van der Waals surface area contributed by atoms with Crippen LogP contribution in [0.2, 0.25) is 0 Å². The second-order valence-corrected chi connectivity index (χ2v) is 2.96. The second kappa shape index (κ2) is 4.01. The number of H-pyrrole nitrogens is 1. The number of nitrogens with one attached hydrogen (secondary N) is 1. The predicted molar refractivity (Wildman–Crippen MR) is 53.8 cm³/mol. The molecule has 1 N–H and O–H groups in total. The molecule has 2 aromatic rings. The number of hydrogen-bond acceptors (Lipinski definition) is 2. The molecule has 0 fully saturated rings. The number of aryl methyl sites for hydroxylation is 1. The summed E-state index contributed by atoms with van der Waals surface area (Å²) in [6.07, 6.45) is 0. The van der Waals surface area contributed by atoms with Crippen LogP contribution in [-0.2, 0) is 0 Å². The molecule has 0 aliphatic rings. The first-order chi connectivity index (χ1) is 5.27. The van der Waals surface area contributed by atoms with Crippen LogP contribution in [0.15, 0.2) is 23.4 Å². The molecule has 0 unspecified atom stereocenters. The van der Waals surface area contributed by atoms with Gasteiger partial charge in [0.1, 0.15) is 0 Å². The third kappa shape index (κ3) is 1.79. The first-order valence-electron chi connectivity index (χ1n) is 3.41. The minimum atomic E-state index is 0. The van der Waals surface area contributed by atoms with E-state index in [9.17, 15) is 0 Å². The molecule has 12 heavy (non-hydrogen) atoms. The van der Waals surface area contributed by atoms with E-state index in [1.165, 1.54) is 5.56 Å². The zero-order valence-corrected chi connectivity index (χ0v) is 9.94. The Balaban J connectivity index is 0.000000720. The van der Waals surface area contributed by atoms with E-state index in [1.807, 2.05) is 25.1 Å². The van der Waals surface area contributed by atoms with Crippen molar-refractivity contribution in [2.75, 3.05) is 0 Å². The second-order valence-electron chi connectivity index (χ2n) is 2.53. The van der Waals surface area contributed by atoms with Gasteiger partial charge in [0.05, 0.1) is 11.0 Å². The third-order valence-corrected chi connectivity index (χ3v) is 1.91. The number of benzene rings is 1. The standard InChI is InChI=1S/C8H8N2S.Ca/c1-5-3-2-4-6-7(5)10-8(11)9-6;/h2-4H,1H3,(H2,9,10,11);. The van der Waals surface area contributed by atoms with Gasteiger partial charge in [0.2, 0.25) is 0 Å². The Morgan fingerprint density at radius 1 is 1.42 bits per heavy atom. The van der Waals surface area contributed by atoms with E-state index in [0.29, 0.717) is 5.16 Å². The van der Waals surface area contributed by atoms with Crippen molar-refractivity contribution >= 4 is 61.4 Å². The van der Waals surface area contributed by atoms with Crippen LogP contribution in [0.5, 0.6) is 0 Å². The van der Waals surface area contributed by atoms with Crippen molar-refractivity contribution in [1.29, 1.82) is 0 Å². The minimum absolute atomic E-state index is 0. The van der Waals surface area contributed by atoms with Crippen LogP contribution in [-0.4, -0.2) is 47.7 Å². The molecule has 58 valence electrons.